The highest BCUT2D eigenvalue weighted by atomic mass is 16.2. The SMILES string of the molecule is O=C(c1ccc(C(=O)n2c3ccccc3c3ccccc32)cc1)N1c2ccccc2[C@@H]2C=CC=C[C@@H]21. The number of rotatable bonds is 2. The van der Waals surface area contributed by atoms with Crippen molar-refractivity contribution in [1.82, 2.24) is 4.57 Å². The van der Waals surface area contributed by atoms with E-state index in [1.165, 1.54) is 0 Å². The molecule has 0 unspecified atom stereocenters. The first-order valence-electron chi connectivity index (χ1n) is 12.1. The molecule has 172 valence electrons. The molecule has 0 N–H and O–H groups in total. The largest absolute Gasteiger partial charge is 0.300 e. The average molecular weight is 467 g/mol. The van der Waals surface area contributed by atoms with Crippen LogP contribution in [-0.2, 0) is 0 Å². The number of anilines is 1. The molecule has 1 aliphatic carbocycles. The van der Waals surface area contributed by atoms with Crippen molar-refractivity contribution in [2.75, 3.05) is 4.90 Å². The maximum atomic E-state index is 13.7. The summed E-state index contributed by atoms with van der Waals surface area (Å²) in [5.41, 5.74) is 4.96. The molecule has 0 spiro atoms. The molecular weight excluding hydrogens is 444 g/mol. The summed E-state index contributed by atoms with van der Waals surface area (Å²) in [7, 11) is 0. The molecule has 0 saturated heterocycles. The molecule has 1 aliphatic heterocycles. The molecule has 4 nitrogen and oxygen atoms in total. The van der Waals surface area contributed by atoms with Gasteiger partial charge >= 0.3 is 0 Å². The highest BCUT2D eigenvalue weighted by Crippen LogP contribution is 2.44. The van der Waals surface area contributed by atoms with Crippen molar-refractivity contribution in [3.05, 3.63) is 138 Å². The third kappa shape index (κ3) is 2.94. The first-order valence-corrected chi connectivity index (χ1v) is 12.1. The minimum absolute atomic E-state index is 0.0428. The normalized spacial score (nSPS) is 17.9. The Hall–Kier alpha value is -4.70. The van der Waals surface area contributed by atoms with Gasteiger partial charge in [-0.1, -0.05) is 78.9 Å². The minimum Gasteiger partial charge on any atom is -0.300 e. The summed E-state index contributed by atoms with van der Waals surface area (Å²) in [5, 5.41) is 2.09. The quantitative estimate of drug-likeness (QED) is 0.290. The van der Waals surface area contributed by atoms with Crippen LogP contribution < -0.4 is 4.90 Å². The van der Waals surface area contributed by atoms with Gasteiger partial charge in [-0.2, -0.15) is 0 Å². The zero-order valence-corrected chi connectivity index (χ0v) is 19.4. The third-order valence-electron chi connectivity index (χ3n) is 7.34. The Labute approximate surface area is 208 Å². The summed E-state index contributed by atoms with van der Waals surface area (Å²) in [6.07, 6.45) is 8.29. The number of hydrogen-bond donors (Lipinski definition) is 0. The predicted octanol–water partition coefficient (Wildman–Crippen LogP) is 6.72. The van der Waals surface area contributed by atoms with Crippen LogP contribution in [0.25, 0.3) is 21.8 Å². The van der Waals surface area contributed by atoms with E-state index in [4.69, 9.17) is 0 Å². The second-order valence-corrected chi connectivity index (χ2v) is 9.27. The number of hydrogen-bond acceptors (Lipinski definition) is 2. The highest BCUT2D eigenvalue weighted by molar-refractivity contribution is 6.16. The van der Waals surface area contributed by atoms with Gasteiger partial charge in [0, 0.05) is 33.5 Å². The van der Waals surface area contributed by atoms with E-state index in [2.05, 4.69) is 18.2 Å². The van der Waals surface area contributed by atoms with Gasteiger partial charge in [-0.15, -0.1) is 0 Å². The van der Waals surface area contributed by atoms with Crippen molar-refractivity contribution in [3.8, 4) is 0 Å². The van der Waals surface area contributed by atoms with E-state index < -0.39 is 0 Å². The number of amides is 1. The lowest BCUT2D eigenvalue weighted by Crippen LogP contribution is -2.38. The first kappa shape index (κ1) is 20.7. The van der Waals surface area contributed by atoms with Gasteiger partial charge < -0.3 is 4.90 Å². The molecule has 36 heavy (non-hydrogen) atoms. The molecule has 1 amide bonds. The van der Waals surface area contributed by atoms with E-state index >= 15 is 0 Å². The summed E-state index contributed by atoms with van der Waals surface area (Å²) in [5.74, 6) is -0.0181. The Kier molecular flexibility index (Phi) is 4.55. The molecule has 0 radical (unpaired) electrons. The Morgan fingerprint density at radius 1 is 0.583 bits per heavy atom. The number of nitrogens with zero attached hydrogens (tertiary/aromatic N) is 2. The zero-order valence-electron chi connectivity index (χ0n) is 19.4. The van der Waals surface area contributed by atoms with Gasteiger partial charge in [0.1, 0.15) is 0 Å². The molecule has 4 heteroatoms. The standard InChI is InChI=1S/C32H22N2O2/c35-31(33-27-13-5-1-9-23(27)24-10-2-6-14-28(24)33)21-17-19-22(20-18-21)32(36)34-29-15-7-3-11-25(29)26-12-4-8-16-30(26)34/h1-20,23,27H/t23-,27-/m0/s1. The van der Waals surface area contributed by atoms with Crippen LogP contribution in [0, 0.1) is 0 Å². The lowest BCUT2D eigenvalue weighted by Gasteiger charge is -2.26. The number of aromatic nitrogens is 1. The number of benzene rings is 4. The van der Waals surface area contributed by atoms with Crippen molar-refractivity contribution in [1.29, 1.82) is 0 Å². The molecule has 4 aromatic carbocycles. The third-order valence-corrected chi connectivity index (χ3v) is 7.34. The molecule has 2 aliphatic rings. The molecule has 0 bridgehead atoms. The fraction of sp³-hybridized carbons (Fsp3) is 0.0625. The molecule has 2 heterocycles. The number of fused-ring (bicyclic) bond motifs is 6. The maximum Gasteiger partial charge on any atom is 0.262 e. The van der Waals surface area contributed by atoms with Crippen LogP contribution in [0.3, 0.4) is 0 Å². The monoisotopic (exact) mass is 466 g/mol. The van der Waals surface area contributed by atoms with Gasteiger partial charge in [-0.05, 0) is 48.0 Å². The van der Waals surface area contributed by atoms with Gasteiger partial charge in [0.25, 0.3) is 11.8 Å². The van der Waals surface area contributed by atoms with Crippen LogP contribution in [0.4, 0.5) is 5.69 Å². The van der Waals surface area contributed by atoms with Gasteiger partial charge in [-0.3, -0.25) is 14.2 Å². The maximum absolute atomic E-state index is 13.7. The number of allylic oxidation sites excluding steroid dienone is 2. The molecular formula is C32H22N2O2. The van der Waals surface area contributed by atoms with E-state index in [1.807, 2.05) is 83.8 Å². The number of carbonyl (C=O) groups is 2. The van der Waals surface area contributed by atoms with Crippen molar-refractivity contribution in [2.24, 2.45) is 0 Å². The van der Waals surface area contributed by atoms with Crippen molar-refractivity contribution < 1.29 is 9.59 Å². The fourth-order valence-electron chi connectivity index (χ4n) is 5.69. The van der Waals surface area contributed by atoms with Crippen LogP contribution in [-0.4, -0.2) is 22.4 Å². The Balaban J connectivity index is 1.25. The van der Waals surface area contributed by atoms with E-state index in [0.717, 1.165) is 33.1 Å². The topological polar surface area (TPSA) is 42.3 Å². The Bertz CT molecular complexity index is 1690. The zero-order chi connectivity index (χ0) is 24.2. The van der Waals surface area contributed by atoms with Crippen LogP contribution in [0.2, 0.25) is 0 Å². The second kappa shape index (κ2) is 7.92. The van der Waals surface area contributed by atoms with E-state index in [9.17, 15) is 9.59 Å². The van der Waals surface area contributed by atoms with Gasteiger partial charge in [0.2, 0.25) is 0 Å². The molecule has 2 atom stereocenters. The molecule has 0 saturated carbocycles. The summed E-state index contributed by atoms with van der Waals surface area (Å²) in [4.78, 5) is 29.3. The molecule has 1 aromatic heterocycles. The summed E-state index contributed by atoms with van der Waals surface area (Å²) < 4.78 is 1.77. The van der Waals surface area contributed by atoms with Crippen molar-refractivity contribution in [2.45, 2.75) is 12.0 Å². The van der Waals surface area contributed by atoms with E-state index in [1.54, 1.807) is 28.8 Å². The van der Waals surface area contributed by atoms with E-state index in [0.29, 0.717) is 11.1 Å². The molecule has 5 aromatic rings. The van der Waals surface area contributed by atoms with Crippen LogP contribution in [0.15, 0.2) is 121 Å². The smallest absolute Gasteiger partial charge is 0.262 e. The Morgan fingerprint density at radius 3 is 1.83 bits per heavy atom. The highest BCUT2D eigenvalue weighted by Gasteiger charge is 2.39. The van der Waals surface area contributed by atoms with Crippen LogP contribution in [0.5, 0.6) is 0 Å². The fourth-order valence-corrected chi connectivity index (χ4v) is 5.69. The van der Waals surface area contributed by atoms with Gasteiger partial charge in [0.05, 0.1) is 17.1 Å². The van der Waals surface area contributed by atoms with Gasteiger partial charge in [0.15, 0.2) is 0 Å². The number of carbonyl (C=O) groups excluding carboxylic acids is 2. The number of para-hydroxylation sites is 3. The molecule has 0 fully saturated rings. The first-order chi connectivity index (χ1) is 17.7. The average Bonchev–Trinajstić information content (AvgIpc) is 3.46. The predicted molar refractivity (Wildman–Crippen MR) is 144 cm³/mol. The summed E-state index contributed by atoms with van der Waals surface area (Å²) >= 11 is 0. The van der Waals surface area contributed by atoms with Crippen molar-refractivity contribution >= 4 is 39.3 Å². The lowest BCUT2D eigenvalue weighted by atomic mass is 9.91. The minimum atomic E-state index is -0.113. The summed E-state index contributed by atoms with van der Waals surface area (Å²) in [6.45, 7) is 0. The Morgan fingerprint density at radius 2 is 1.14 bits per heavy atom. The second-order valence-electron chi connectivity index (χ2n) is 9.27. The lowest BCUT2D eigenvalue weighted by molar-refractivity contribution is 0.0962. The summed E-state index contributed by atoms with van der Waals surface area (Å²) in [6, 6.07) is 31.0. The van der Waals surface area contributed by atoms with E-state index in [-0.39, 0.29) is 23.8 Å². The van der Waals surface area contributed by atoms with Gasteiger partial charge in [-0.25, -0.2) is 0 Å². The van der Waals surface area contributed by atoms with Crippen LogP contribution >= 0.6 is 0 Å². The van der Waals surface area contributed by atoms with Crippen molar-refractivity contribution in [3.63, 3.8) is 0 Å². The molecule has 7 rings (SSSR count). The van der Waals surface area contributed by atoms with Crippen LogP contribution in [0.1, 0.15) is 32.2 Å².